The van der Waals surface area contributed by atoms with Crippen LogP contribution >= 0.6 is 0 Å². The van der Waals surface area contributed by atoms with E-state index in [9.17, 15) is 0 Å². The van der Waals surface area contributed by atoms with Crippen LogP contribution in [0.2, 0.25) is 0 Å². The van der Waals surface area contributed by atoms with Crippen molar-refractivity contribution in [3.05, 3.63) is 18.0 Å². The van der Waals surface area contributed by atoms with Crippen LogP contribution in [0.5, 0.6) is 0 Å². The number of rotatable bonds is 3. The van der Waals surface area contributed by atoms with Gasteiger partial charge in [-0.15, -0.1) is 0 Å². The normalized spacial score (nSPS) is 24.0. The minimum Gasteiger partial charge on any atom is -0.381 e. The fourth-order valence-electron chi connectivity index (χ4n) is 2.05. The van der Waals surface area contributed by atoms with E-state index in [1.807, 2.05) is 17.1 Å². The molecular weight excluding hydrogens is 190 g/mol. The zero-order valence-electron chi connectivity index (χ0n) is 9.22. The highest BCUT2D eigenvalue weighted by Crippen LogP contribution is 2.26. The van der Waals surface area contributed by atoms with Gasteiger partial charge in [-0.3, -0.25) is 4.68 Å². The molecule has 0 spiro atoms. The number of hydrogen-bond donors (Lipinski definition) is 1. The molecule has 1 fully saturated rings. The van der Waals surface area contributed by atoms with E-state index in [2.05, 4.69) is 12.0 Å². The molecule has 0 amide bonds. The van der Waals surface area contributed by atoms with Gasteiger partial charge in [0.25, 0.3) is 0 Å². The molecule has 1 aromatic rings. The Morgan fingerprint density at radius 1 is 1.73 bits per heavy atom. The van der Waals surface area contributed by atoms with Gasteiger partial charge in [-0.05, 0) is 19.8 Å². The summed E-state index contributed by atoms with van der Waals surface area (Å²) in [6.07, 6.45) is 6.21. The maximum absolute atomic E-state index is 6.20. The van der Waals surface area contributed by atoms with Gasteiger partial charge in [0.1, 0.15) is 0 Å². The van der Waals surface area contributed by atoms with Crippen molar-refractivity contribution in [3.8, 4) is 0 Å². The summed E-state index contributed by atoms with van der Waals surface area (Å²) in [6.45, 7) is 4.65. The van der Waals surface area contributed by atoms with Crippen LogP contribution in [0.3, 0.4) is 0 Å². The first-order valence-corrected chi connectivity index (χ1v) is 5.67. The highest BCUT2D eigenvalue weighted by atomic mass is 16.5. The van der Waals surface area contributed by atoms with E-state index >= 15 is 0 Å². The molecule has 2 N–H and O–H groups in total. The zero-order valence-corrected chi connectivity index (χ0v) is 9.22. The minimum absolute atomic E-state index is 0.0746. The molecule has 0 saturated carbocycles. The van der Waals surface area contributed by atoms with Crippen LogP contribution in [0.4, 0.5) is 0 Å². The van der Waals surface area contributed by atoms with Crippen molar-refractivity contribution in [2.24, 2.45) is 11.7 Å². The van der Waals surface area contributed by atoms with Gasteiger partial charge < -0.3 is 10.5 Å². The summed E-state index contributed by atoms with van der Waals surface area (Å²) >= 11 is 0. The summed E-state index contributed by atoms with van der Waals surface area (Å²) in [5.41, 5.74) is 7.34. The highest BCUT2D eigenvalue weighted by Gasteiger charge is 2.23. The topological polar surface area (TPSA) is 53.1 Å². The molecule has 2 unspecified atom stereocenters. The molecular formula is C11H19N3O. The lowest BCUT2D eigenvalue weighted by Crippen LogP contribution is -2.28. The van der Waals surface area contributed by atoms with Crippen molar-refractivity contribution < 1.29 is 4.74 Å². The second-order valence-electron chi connectivity index (χ2n) is 4.13. The van der Waals surface area contributed by atoms with Crippen molar-refractivity contribution >= 4 is 0 Å². The average Bonchev–Trinajstić information content (AvgIpc) is 2.78. The SMILES string of the molecule is CCn1cc(C(N)C2CCCOC2)cn1. The summed E-state index contributed by atoms with van der Waals surface area (Å²) in [6, 6.07) is 0.0746. The summed E-state index contributed by atoms with van der Waals surface area (Å²) in [5, 5.41) is 4.25. The van der Waals surface area contributed by atoms with Gasteiger partial charge in [-0.2, -0.15) is 5.10 Å². The van der Waals surface area contributed by atoms with Crippen LogP contribution in [0.25, 0.3) is 0 Å². The molecule has 2 heterocycles. The second-order valence-corrected chi connectivity index (χ2v) is 4.13. The molecule has 0 radical (unpaired) electrons. The van der Waals surface area contributed by atoms with Crippen molar-refractivity contribution in [1.82, 2.24) is 9.78 Å². The van der Waals surface area contributed by atoms with E-state index in [0.29, 0.717) is 5.92 Å². The second kappa shape index (κ2) is 4.77. The molecule has 15 heavy (non-hydrogen) atoms. The molecule has 2 atom stereocenters. The van der Waals surface area contributed by atoms with E-state index < -0.39 is 0 Å². The van der Waals surface area contributed by atoms with E-state index in [4.69, 9.17) is 10.5 Å². The Morgan fingerprint density at radius 3 is 3.20 bits per heavy atom. The Kier molecular flexibility index (Phi) is 3.38. The molecule has 1 aliphatic rings. The van der Waals surface area contributed by atoms with E-state index in [1.165, 1.54) is 6.42 Å². The minimum atomic E-state index is 0.0746. The summed E-state index contributed by atoms with van der Waals surface area (Å²) < 4.78 is 7.37. The summed E-state index contributed by atoms with van der Waals surface area (Å²) in [7, 11) is 0. The first-order chi connectivity index (χ1) is 7.31. The summed E-state index contributed by atoms with van der Waals surface area (Å²) in [5.74, 6) is 0.452. The van der Waals surface area contributed by atoms with E-state index in [0.717, 1.165) is 31.7 Å². The molecule has 0 aromatic carbocycles. The van der Waals surface area contributed by atoms with Crippen molar-refractivity contribution in [3.63, 3.8) is 0 Å². The van der Waals surface area contributed by atoms with Crippen LogP contribution in [0, 0.1) is 5.92 Å². The largest absolute Gasteiger partial charge is 0.381 e. The molecule has 1 aliphatic heterocycles. The standard InChI is InChI=1S/C11H19N3O/c1-2-14-7-10(6-13-14)11(12)9-4-3-5-15-8-9/h6-7,9,11H,2-5,8,12H2,1H3. The fourth-order valence-corrected chi connectivity index (χ4v) is 2.05. The maximum atomic E-state index is 6.20. The summed E-state index contributed by atoms with van der Waals surface area (Å²) in [4.78, 5) is 0. The molecule has 1 saturated heterocycles. The van der Waals surface area contributed by atoms with Gasteiger partial charge in [0.2, 0.25) is 0 Å². The quantitative estimate of drug-likeness (QED) is 0.817. The third kappa shape index (κ3) is 2.38. The van der Waals surface area contributed by atoms with Gasteiger partial charge in [-0.1, -0.05) is 0 Å². The van der Waals surface area contributed by atoms with Crippen molar-refractivity contribution in [2.75, 3.05) is 13.2 Å². The molecule has 0 bridgehead atoms. The molecule has 84 valence electrons. The lowest BCUT2D eigenvalue weighted by molar-refractivity contribution is 0.0447. The molecule has 1 aromatic heterocycles. The number of ether oxygens (including phenoxy) is 1. The number of aromatic nitrogens is 2. The number of nitrogens with zero attached hydrogens (tertiary/aromatic N) is 2. The first-order valence-electron chi connectivity index (χ1n) is 5.67. The first kappa shape index (κ1) is 10.6. The highest BCUT2D eigenvalue weighted by molar-refractivity contribution is 5.11. The third-order valence-corrected chi connectivity index (χ3v) is 3.07. The Bertz CT molecular complexity index is 305. The van der Waals surface area contributed by atoms with Gasteiger partial charge in [0, 0.05) is 36.9 Å². The van der Waals surface area contributed by atoms with Gasteiger partial charge >= 0.3 is 0 Å². The van der Waals surface area contributed by atoms with E-state index in [1.54, 1.807) is 0 Å². The van der Waals surface area contributed by atoms with Crippen LogP contribution in [0.15, 0.2) is 12.4 Å². The lowest BCUT2D eigenvalue weighted by Gasteiger charge is -2.26. The number of aryl methyl sites for hydroxylation is 1. The van der Waals surface area contributed by atoms with Gasteiger partial charge in [0.15, 0.2) is 0 Å². The van der Waals surface area contributed by atoms with Crippen LogP contribution < -0.4 is 5.73 Å². The Balaban J connectivity index is 2.02. The molecule has 0 aliphatic carbocycles. The Labute approximate surface area is 90.4 Å². The predicted molar refractivity (Wildman–Crippen MR) is 58.4 cm³/mol. The fraction of sp³-hybridized carbons (Fsp3) is 0.727. The van der Waals surface area contributed by atoms with Gasteiger partial charge in [0.05, 0.1) is 12.8 Å². The zero-order chi connectivity index (χ0) is 10.7. The molecule has 4 heteroatoms. The third-order valence-electron chi connectivity index (χ3n) is 3.07. The van der Waals surface area contributed by atoms with Crippen LogP contribution in [0.1, 0.15) is 31.4 Å². The monoisotopic (exact) mass is 209 g/mol. The van der Waals surface area contributed by atoms with Crippen molar-refractivity contribution in [1.29, 1.82) is 0 Å². The maximum Gasteiger partial charge on any atom is 0.0537 e. The average molecular weight is 209 g/mol. The van der Waals surface area contributed by atoms with Gasteiger partial charge in [-0.25, -0.2) is 0 Å². The van der Waals surface area contributed by atoms with Crippen LogP contribution in [-0.4, -0.2) is 23.0 Å². The Hall–Kier alpha value is -0.870. The smallest absolute Gasteiger partial charge is 0.0537 e. The number of nitrogens with two attached hydrogens (primary N) is 1. The van der Waals surface area contributed by atoms with E-state index in [-0.39, 0.29) is 6.04 Å². The molecule has 4 nitrogen and oxygen atoms in total. The Morgan fingerprint density at radius 2 is 2.60 bits per heavy atom. The lowest BCUT2D eigenvalue weighted by atomic mass is 9.91. The van der Waals surface area contributed by atoms with Crippen LogP contribution in [-0.2, 0) is 11.3 Å². The predicted octanol–water partition coefficient (Wildman–Crippen LogP) is 1.33. The van der Waals surface area contributed by atoms with Crippen molar-refractivity contribution in [2.45, 2.75) is 32.4 Å². The number of hydrogen-bond acceptors (Lipinski definition) is 3. The molecule has 2 rings (SSSR count).